The second-order valence-electron chi connectivity index (χ2n) is 8.17. The Hall–Kier alpha value is -3.21. The van der Waals surface area contributed by atoms with E-state index in [0.717, 1.165) is 16.9 Å². The summed E-state index contributed by atoms with van der Waals surface area (Å²) in [6, 6.07) is 18.8. The number of hydrogen-bond donors (Lipinski definition) is 1. The molecule has 0 unspecified atom stereocenters. The average molecular weight is 393 g/mol. The summed E-state index contributed by atoms with van der Waals surface area (Å²) in [4.78, 5) is 11.6. The molecule has 0 aliphatic carbocycles. The van der Waals surface area contributed by atoms with E-state index in [1.54, 1.807) is 25.1 Å². The first-order valence-electron chi connectivity index (χ1n) is 9.59. The summed E-state index contributed by atoms with van der Waals surface area (Å²) >= 11 is 0. The van der Waals surface area contributed by atoms with E-state index in [9.17, 15) is 10.0 Å². The number of nitrogens with zero attached hydrogens (tertiary/aromatic N) is 1. The van der Waals surface area contributed by atoms with E-state index in [4.69, 9.17) is 9.47 Å². The van der Waals surface area contributed by atoms with Crippen LogP contribution >= 0.6 is 0 Å². The van der Waals surface area contributed by atoms with Crippen molar-refractivity contribution in [2.24, 2.45) is 0 Å². The zero-order chi connectivity index (χ0) is 21.0. The molecule has 0 atom stereocenters. The summed E-state index contributed by atoms with van der Waals surface area (Å²) in [6.07, 6.45) is 0. The molecule has 1 aromatic heterocycles. The molecule has 0 bridgehead atoms. The maximum Gasteiger partial charge on any atom is 0.283 e. The van der Waals surface area contributed by atoms with E-state index in [2.05, 4.69) is 45.0 Å². The lowest BCUT2D eigenvalue weighted by molar-refractivity contribution is 0.147. The van der Waals surface area contributed by atoms with Crippen LogP contribution in [0.3, 0.4) is 0 Å². The lowest BCUT2D eigenvalue weighted by Crippen LogP contribution is -2.21. The third kappa shape index (κ3) is 5.41. The Morgan fingerprint density at radius 1 is 0.862 bits per heavy atom. The van der Waals surface area contributed by atoms with Crippen LogP contribution in [0.1, 0.15) is 43.2 Å². The van der Waals surface area contributed by atoms with Crippen LogP contribution in [0.4, 0.5) is 0 Å². The first-order chi connectivity index (χ1) is 13.7. The Labute approximate surface area is 171 Å². The highest BCUT2D eigenvalue weighted by atomic mass is 16.5. The maximum atomic E-state index is 11.6. The van der Waals surface area contributed by atoms with Crippen LogP contribution in [0.25, 0.3) is 0 Å². The van der Waals surface area contributed by atoms with Gasteiger partial charge in [0.2, 0.25) is 0 Å². The molecule has 152 valence electrons. The summed E-state index contributed by atoms with van der Waals surface area (Å²) in [6.45, 7) is 8.97. The molecule has 3 aromatic rings. The predicted molar refractivity (Wildman–Crippen MR) is 113 cm³/mol. The molecule has 1 heterocycles. The molecule has 3 rings (SSSR count). The zero-order valence-electron chi connectivity index (χ0n) is 17.3. The fourth-order valence-electron chi connectivity index (χ4n) is 2.92. The van der Waals surface area contributed by atoms with E-state index < -0.39 is 5.56 Å². The van der Waals surface area contributed by atoms with Crippen molar-refractivity contribution in [3.63, 3.8) is 0 Å². The summed E-state index contributed by atoms with van der Waals surface area (Å²) in [5.41, 5.74) is 3.25. The molecule has 0 aliphatic rings. The van der Waals surface area contributed by atoms with Crippen molar-refractivity contribution in [3.05, 3.63) is 93.4 Å². The second-order valence-corrected chi connectivity index (χ2v) is 8.17. The fourth-order valence-corrected chi connectivity index (χ4v) is 2.92. The van der Waals surface area contributed by atoms with Crippen LogP contribution in [-0.4, -0.2) is 9.94 Å². The first-order valence-corrected chi connectivity index (χ1v) is 9.59. The maximum absolute atomic E-state index is 11.6. The second kappa shape index (κ2) is 8.43. The minimum Gasteiger partial charge on any atom is -0.489 e. The minimum atomic E-state index is -0.470. The quantitative estimate of drug-likeness (QED) is 0.608. The smallest absolute Gasteiger partial charge is 0.283 e. The first kappa shape index (κ1) is 20.5. The minimum absolute atomic E-state index is 0.0910. The van der Waals surface area contributed by atoms with Gasteiger partial charge in [0, 0.05) is 6.07 Å². The van der Waals surface area contributed by atoms with Crippen LogP contribution in [-0.2, 0) is 18.6 Å². The Morgan fingerprint density at radius 2 is 1.41 bits per heavy atom. The standard InChI is InChI=1S/C24H27NO4/c1-17-13-20(25(27)23(26)14-17)16-29-22-11-9-21(10-12-22)28-15-18-5-7-19(8-6-18)24(2,3)4/h5-14,27H,15-16H2,1-4H3. The molecule has 2 aromatic carbocycles. The van der Waals surface area contributed by atoms with Gasteiger partial charge in [-0.15, -0.1) is 4.73 Å². The van der Waals surface area contributed by atoms with Gasteiger partial charge in [0.05, 0.1) is 5.69 Å². The van der Waals surface area contributed by atoms with Crippen molar-refractivity contribution < 1.29 is 14.7 Å². The van der Waals surface area contributed by atoms with Crippen molar-refractivity contribution in [2.45, 2.75) is 46.3 Å². The number of aromatic nitrogens is 1. The number of rotatable bonds is 6. The highest BCUT2D eigenvalue weighted by Gasteiger charge is 2.12. The van der Waals surface area contributed by atoms with Gasteiger partial charge in [-0.05, 0) is 59.4 Å². The average Bonchev–Trinajstić information content (AvgIpc) is 2.68. The topological polar surface area (TPSA) is 60.7 Å². The molecule has 0 saturated heterocycles. The fraction of sp³-hybridized carbons (Fsp3) is 0.292. The highest BCUT2D eigenvalue weighted by molar-refractivity contribution is 5.32. The highest BCUT2D eigenvalue weighted by Crippen LogP contribution is 2.23. The van der Waals surface area contributed by atoms with Crippen molar-refractivity contribution in [1.82, 2.24) is 4.73 Å². The van der Waals surface area contributed by atoms with Gasteiger partial charge in [0.15, 0.2) is 0 Å². The van der Waals surface area contributed by atoms with Gasteiger partial charge >= 0.3 is 0 Å². The Bertz CT molecular complexity index is 1010. The summed E-state index contributed by atoms with van der Waals surface area (Å²) < 4.78 is 12.1. The number of aryl methyl sites for hydroxylation is 1. The molecule has 0 aliphatic heterocycles. The van der Waals surface area contributed by atoms with Crippen LogP contribution < -0.4 is 15.0 Å². The van der Waals surface area contributed by atoms with E-state index in [1.807, 2.05) is 12.1 Å². The van der Waals surface area contributed by atoms with E-state index in [1.165, 1.54) is 11.6 Å². The number of hydrogen-bond acceptors (Lipinski definition) is 4. The molecule has 0 fully saturated rings. The van der Waals surface area contributed by atoms with Crippen molar-refractivity contribution in [3.8, 4) is 11.5 Å². The van der Waals surface area contributed by atoms with Gasteiger partial charge in [-0.25, -0.2) is 0 Å². The molecule has 0 radical (unpaired) electrons. The van der Waals surface area contributed by atoms with Gasteiger partial charge in [-0.2, -0.15) is 0 Å². The Morgan fingerprint density at radius 3 is 1.97 bits per heavy atom. The van der Waals surface area contributed by atoms with E-state index in [-0.39, 0.29) is 12.0 Å². The van der Waals surface area contributed by atoms with E-state index in [0.29, 0.717) is 22.8 Å². The SMILES string of the molecule is Cc1cc(COc2ccc(OCc3ccc(C(C)(C)C)cc3)cc2)n(O)c(=O)c1. The lowest BCUT2D eigenvalue weighted by Gasteiger charge is -2.19. The van der Waals surface area contributed by atoms with Crippen LogP contribution in [0, 0.1) is 6.92 Å². The largest absolute Gasteiger partial charge is 0.489 e. The number of ether oxygens (including phenoxy) is 2. The van der Waals surface area contributed by atoms with Gasteiger partial charge < -0.3 is 14.7 Å². The number of benzene rings is 2. The van der Waals surface area contributed by atoms with Crippen LogP contribution in [0.15, 0.2) is 65.5 Å². The van der Waals surface area contributed by atoms with Gasteiger partial charge in [0.1, 0.15) is 24.7 Å². The number of pyridine rings is 1. The molecule has 5 heteroatoms. The van der Waals surface area contributed by atoms with Crippen molar-refractivity contribution >= 4 is 0 Å². The summed E-state index contributed by atoms with van der Waals surface area (Å²) in [5.74, 6) is 1.37. The summed E-state index contributed by atoms with van der Waals surface area (Å²) in [7, 11) is 0. The Balaban J connectivity index is 1.56. The normalized spacial score (nSPS) is 11.3. The molecule has 0 amide bonds. The monoisotopic (exact) mass is 393 g/mol. The van der Waals surface area contributed by atoms with Gasteiger partial charge in [-0.3, -0.25) is 4.79 Å². The van der Waals surface area contributed by atoms with Gasteiger partial charge in [-0.1, -0.05) is 45.0 Å². The molecule has 0 spiro atoms. The third-order valence-corrected chi connectivity index (χ3v) is 4.66. The predicted octanol–water partition coefficient (Wildman–Crippen LogP) is 4.85. The van der Waals surface area contributed by atoms with Crippen molar-refractivity contribution in [2.75, 3.05) is 0 Å². The molecular formula is C24H27NO4. The van der Waals surface area contributed by atoms with Crippen LogP contribution in [0.2, 0.25) is 0 Å². The zero-order valence-corrected chi connectivity index (χ0v) is 17.3. The van der Waals surface area contributed by atoms with E-state index >= 15 is 0 Å². The lowest BCUT2D eigenvalue weighted by atomic mass is 9.87. The molecule has 5 nitrogen and oxygen atoms in total. The van der Waals surface area contributed by atoms with Crippen LogP contribution in [0.5, 0.6) is 11.5 Å². The molecule has 0 saturated carbocycles. The van der Waals surface area contributed by atoms with Crippen molar-refractivity contribution in [1.29, 1.82) is 0 Å². The van der Waals surface area contributed by atoms with Gasteiger partial charge in [0.25, 0.3) is 5.56 Å². The summed E-state index contributed by atoms with van der Waals surface area (Å²) in [5, 5.41) is 9.79. The molecular weight excluding hydrogens is 366 g/mol. The molecule has 29 heavy (non-hydrogen) atoms. The Kier molecular flexibility index (Phi) is 5.97. The third-order valence-electron chi connectivity index (χ3n) is 4.66. The molecule has 1 N–H and O–H groups in total.